The van der Waals surface area contributed by atoms with E-state index in [2.05, 4.69) is 11.4 Å². The first-order chi connectivity index (χ1) is 16.7. The lowest BCUT2D eigenvalue weighted by Gasteiger charge is -2.36. The van der Waals surface area contributed by atoms with Gasteiger partial charge in [0.05, 0.1) is 23.8 Å². The van der Waals surface area contributed by atoms with Gasteiger partial charge in [-0.05, 0) is 47.2 Å². The van der Waals surface area contributed by atoms with E-state index in [1.807, 2.05) is 51.1 Å². The van der Waals surface area contributed by atoms with Crippen molar-refractivity contribution in [1.29, 1.82) is 5.26 Å². The maximum absolute atomic E-state index is 13.8. The summed E-state index contributed by atoms with van der Waals surface area (Å²) in [6.45, 7) is 6.51. The summed E-state index contributed by atoms with van der Waals surface area (Å²) >= 11 is 0. The molecule has 8 nitrogen and oxygen atoms in total. The lowest BCUT2D eigenvalue weighted by atomic mass is 10.00. The molecule has 4 atom stereocenters. The van der Waals surface area contributed by atoms with E-state index >= 15 is 0 Å². The summed E-state index contributed by atoms with van der Waals surface area (Å²) in [6, 6.07) is 13.5. The van der Waals surface area contributed by atoms with Gasteiger partial charge < -0.3 is 20.4 Å². The number of aliphatic hydroxyl groups is 2. The molecule has 3 N–H and O–H groups in total. The van der Waals surface area contributed by atoms with Gasteiger partial charge in [0.2, 0.25) is 11.8 Å². The van der Waals surface area contributed by atoms with Crippen LogP contribution in [0.1, 0.15) is 54.3 Å². The Morgan fingerprint density at radius 1 is 1.20 bits per heavy atom. The Bertz CT molecular complexity index is 1160. The summed E-state index contributed by atoms with van der Waals surface area (Å²) < 4.78 is 0. The minimum atomic E-state index is -0.901. The van der Waals surface area contributed by atoms with Crippen LogP contribution in [0.25, 0.3) is 0 Å². The van der Waals surface area contributed by atoms with Gasteiger partial charge in [0.15, 0.2) is 0 Å². The van der Waals surface area contributed by atoms with Crippen LogP contribution in [0.5, 0.6) is 0 Å². The van der Waals surface area contributed by atoms with Crippen molar-refractivity contribution in [2.24, 2.45) is 5.92 Å². The lowest BCUT2D eigenvalue weighted by molar-refractivity contribution is -0.149. The third-order valence-electron chi connectivity index (χ3n) is 7.03. The maximum atomic E-state index is 13.8. The van der Waals surface area contributed by atoms with Crippen molar-refractivity contribution in [3.05, 3.63) is 70.3 Å². The van der Waals surface area contributed by atoms with Crippen LogP contribution in [0.4, 0.5) is 0 Å². The van der Waals surface area contributed by atoms with Gasteiger partial charge in [-0.2, -0.15) is 5.26 Å². The molecule has 2 amide bonds. The highest BCUT2D eigenvalue weighted by Crippen LogP contribution is 2.36. The molecule has 0 bridgehead atoms. The van der Waals surface area contributed by atoms with Gasteiger partial charge in [0.25, 0.3) is 0 Å². The molecular formula is C27H32N4O4. The number of nitrogens with one attached hydrogen (secondary N) is 1. The largest absolute Gasteiger partial charge is 0.391 e. The number of carbonyl (C=O) groups excluding carboxylic acids is 2. The van der Waals surface area contributed by atoms with E-state index in [4.69, 9.17) is 5.26 Å². The average molecular weight is 477 g/mol. The van der Waals surface area contributed by atoms with E-state index in [0.717, 1.165) is 22.3 Å². The number of hydrogen-bond acceptors (Lipinski definition) is 6. The number of carbonyl (C=O) groups is 2. The number of likely N-dealkylation sites (tertiary alicyclic amines) is 1. The van der Waals surface area contributed by atoms with Crippen molar-refractivity contribution in [3.8, 4) is 6.07 Å². The second kappa shape index (κ2) is 10.2. The van der Waals surface area contributed by atoms with Crippen LogP contribution >= 0.6 is 0 Å². The molecule has 0 aliphatic carbocycles. The third kappa shape index (κ3) is 4.94. The fourth-order valence-corrected chi connectivity index (χ4v) is 5.19. The Morgan fingerprint density at radius 2 is 1.94 bits per heavy atom. The van der Waals surface area contributed by atoms with Crippen molar-refractivity contribution in [3.63, 3.8) is 0 Å². The minimum absolute atomic E-state index is 0.0763. The zero-order valence-corrected chi connectivity index (χ0v) is 20.3. The molecule has 2 aromatic rings. The predicted molar refractivity (Wildman–Crippen MR) is 129 cm³/mol. The van der Waals surface area contributed by atoms with Gasteiger partial charge in [-0.1, -0.05) is 44.2 Å². The fraction of sp³-hybridized carbons (Fsp3) is 0.444. The predicted octanol–water partition coefficient (Wildman–Crippen LogP) is 1.98. The van der Waals surface area contributed by atoms with Crippen LogP contribution in [-0.4, -0.2) is 56.6 Å². The molecule has 0 aromatic heterocycles. The van der Waals surface area contributed by atoms with Crippen LogP contribution in [0.2, 0.25) is 0 Å². The Balaban J connectivity index is 1.49. The number of rotatable bonds is 6. The second-order valence-electron chi connectivity index (χ2n) is 9.80. The van der Waals surface area contributed by atoms with E-state index in [0.29, 0.717) is 12.1 Å². The molecule has 0 saturated carbocycles. The Morgan fingerprint density at radius 3 is 2.60 bits per heavy atom. The Kier molecular flexibility index (Phi) is 7.22. The lowest BCUT2D eigenvalue weighted by Crippen LogP contribution is -2.54. The van der Waals surface area contributed by atoms with Crippen molar-refractivity contribution in [2.75, 3.05) is 6.54 Å². The summed E-state index contributed by atoms with van der Waals surface area (Å²) in [6.07, 6.45) is -1.53. The summed E-state index contributed by atoms with van der Waals surface area (Å²) in [5.41, 5.74) is 4.10. The zero-order chi connectivity index (χ0) is 25.3. The number of hydrogen-bond donors (Lipinski definition) is 3. The van der Waals surface area contributed by atoms with Crippen LogP contribution in [0.15, 0.2) is 42.5 Å². The van der Waals surface area contributed by atoms with Crippen molar-refractivity contribution in [2.45, 2.75) is 64.7 Å². The van der Waals surface area contributed by atoms with Crippen molar-refractivity contribution < 1.29 is 19.8 Å². The first-order valence-corrected chi connectivity index (χ1v) is 12.0. The molecule has 0 spiro atoms. The summed E-state index contributed by atoms with van der Waals surface area (Å²) in [5.74, 6) is -0.709. The molecule has 2 aliphatic rings. The van der Waals surface area contributed by atoms with Crippen LogP contribution in [-0.2, 0) is 22.7 Å². The van der Waals surface area contributed by atoms with Gasteiger partial charge in [-0.15, -0.1) is 0 Å². The molecule has 2 aliphatic heterocycles. The summed E-state index contributed by atoms with van der Waals surface area (Å²) in [5, 5.41) is 33.3. The maximum Gasteiger partial charge on any atom is 0.243 e. The van der Waals surface area contributed by atoms with Gasteiger partial charge >= 0.3 is 0 Å². The first-order valence-electron chi connectivity index (χ1n) is 12.0. The molecule has 4 rings (SSSR count). The number of benzene rings is 2. The number of nitrogens with zero attached hydrogens (tertiary/aromatic N) is 3. The van der Waals surface area contributed by atoms with Gasteiger partial charge in [0.1, 0.15) is 12.3 Å². The van der Waals surface area contributed by atoms with Crippen molar-refractivity contribution >= 4 is 11.8 Å². The number of nitriles is 1. The van der Waals surface area contributed by atoms with Crippen LogP contribution in [0.3, 0.4) is 0 Å². The number of aryl methyl sites for hydroxylation is 1. The topological polar surface area (TPSA) is 117 Å². The summed E-state index contributed by atoms with van der Waals surface area (Å²) in [4.78, 5) is 30.2. The van der Waals surface area contributed by atoms with E-state index in [-0.39, 0.29) is 37.2 Å². The highest BCUT2D eigenvalue weighted by molar-refractivity contribution is 5.90. The molecule has 0 radical (unpaired) electrons. The molecule has 4 unspecified atom stereocenters. The van der Waals surface area contributed by atoms with E-state index in [1.54, 1.807) is 17.0 Å². The fourth-order valence-electron chi connectivity index (χ4n) is 5.19. The first kappa shape index (κ1) is 24.9. The molecule has 1 fully saturated rings. The molecule has 2 heterocycles. The number of amides is 2. The molecule has 35 heavy (non-hydrogen) atoms. The molecule has 8 heteroatoms. The average Bonchev–Trinajstić information content (AvgIpc) is 3.38. The van der Waals surface area contributed by atoms with E-state index < -0.39 is 24.4 Å². The standard InChI is InChI=1S/C27H32N4O4/c1-16(2)24(31-14-20-6-4-5-7-22(20)26(31)34)27(35)30-15-21(32)11-23(30)25(33)29-13-19-9-8-18(12-28)10-17(19)3/h4-10,16,21,23-24,26,32,34H,11,13-15H2,1-3H3,(H,29,33). The quantitative estimate of drug-likeness (QED) is 0.587. The molecule has 184 valence electrons. The van der Waals surface area contributed by atoms with E-state index in [9.17, 15) is 19.8 Å². The monoisotopic (exact) mass is 476 g/mol. The Labute approximate surface area is 205 Å². The number of fused-ring (bicyclic) bond motifs is 1. The number of aliphatic hydroxyl groups excluding tert-OH is 2. The normalized spacial score (nSPS) is 22.7. The third-order valence-corrected chi connectivity index (χ3v) is 7.03. The second-order valence-corrected chi connectivity index (χ2v) is 9.80. The van der Waals surface area contributed by atoms with Crippen LogP contribution < -0.4 is 5.32 Å². The van der Waals surface area contributed by atoms with Crippen LogP contribution in [0, 0.1) is 24.2 Å². The molecular weight excluding hydrogens is 444 g/mol. The minimum Gasteiger partial charge on any atom is -0.391 e. The number of β-amino-alcohol motifs (C(OH)–C–C–N with tert-alkyl or cyclic N) is 1. The van der Waals surface area contributed by atoms with Gasteiger partial charge in [-0.25, -0.2) is 0 Å². The summed E-state index contributed by atoms with van der Waals surface area (Å²) in [7, 11) is 0. The highest BCUT2D eigenvalue weighted by Gasteiger charge is 2.46. The van der Waals surface area contributed by atoms with E-state index in [1.165, 1.54) is 4.90 Å². The SMILES string of the molecule is Cc1cc(C#N)ccc1CNC(=O)C1CC(O)CN1C(=O)C(C(C)C)N1Cc2ccccc2C1O. The molecule has 2 aromatic carbocycles. The Hall–Kier alpha value is -3.25. The highest BCUT2D eigenvalue weighted by atomic mass is 16.3. The smallest absolute Gasteiger partial charge is 0.243 e. The molecule has 1 saturated heterocycles. The zero-order valence-electron chi connectivity index (χ0n) is 20.3. The van der Waals surface area contributed by atoms with Gasteiger partial charge in [0, 0.05) is 26.1 Å². The van der Waals surface area contributed by atoms with Crippen molar-refractivity contribution in [1.82, 2.24) is 15.1 Å². The van der Waals surface area contributed by atoms with Gasteiger partial charge in [-0.3, -0.25) is 14.5 Å².